The highest BCUT2D eigenvalue weighted by atomic mass is 32.2. The summed E-state index contributed by atoms with van der Waals surface area (Å²) in [6, 6.07) is 15.9. The number of amides is 2. The van der Waals surface area contributed by atoms with E-state index in [0.29, 0.717) is 5.75 Å². The third kappa shape index (κ3) is 3.78. The molecule has 1 fully saturated rings. The molecule has 1 aliphatic rings. The lowest BCUT2D eigenvalue weighted by Gasteiger charge is -2.26. The Bertz CT molecular complexity index is 802. The number of para-hydroxylation sites is 1. The van der Waals surface area contributed by atoms with E-state index < -0.39 is 0 Å². The minimum Gasteiger partial charge on any atom is -0.326 e. The van der Waals surface area contributed by atoms with Crippen LogP contribution in [-0.4, -0.2) is 17.6 Å². The van der Waals surface area contributed by atoms with Gasteiger partial charge >= 0.3 is 0 Å². The standard InChI is InChI=1S/C21H24N2O2S/c1-4-15-7-5-6-8-18(15)23-19(24)13-26-21(23)16-9-11-17(12-10-16)22-20(25)14(2)3/h5-12,14,21H,4,13H2,1-3H3,(H,22,25)/t21-/m1/s1. The lowest BCUT2D eigenvalue weighted by molar-refractivity contribution is -0.119. The summed E-state index contributed by atoms with van der Waals surface area (Å²) in [6.45, 7) is 5.84. The molecule has 0 aromatic heterocycles. The van der Waals surface area contributed by atoms with Gasteiger partial charge in [-0.2, -0.15) is 0 Å². The van der Waals surface area contributed by atoms with Crippen LogP contribution in [0.3, 0.4) is 0 Å². The van der Waals surface area contributed by atoms with Crippen LogP contribution in [0.1, 0.15) is 37.3 Å². The Balaban J connectivity index is 1.86. The summed E-state index contributed by atoms with van der Waals surface area (Å²) in [7, 11) is 0. The summed E-state index contributed by atoms with van der Waals surface area (Å²) < 4.78 is 0. The summed E-state index contributed by atoms with van der Waals surface area (Å²) in [4.78, 5) is 26.3. The first-order valence-corrected chi connectivity index (χ1v) is 9.98. The Morgan fingerprint density at radius 1 is 1.19 bits per heavy atom. The van der Waals surface area contributed by atoms with E-state index in [9.17, 15) is 9.59 Å². The fraction of sp³-hybridized carbons (Fsp3) is 0.333. The molecule has 26 heavy (non-hydrogen) atoms. The van der Waals surface area contributed by atoms with Gasteiger partial charge in [0.2, 0.25) is 11.8 Å². The Morgan fingerprint density at radius 2 is 1.88 bits per heavy atom. The second kappa shape index (κ2) is 7.96. The number of carbonyl (C=O) groups is 2. The molecule has 1 heterocycles. The molecule has 2 aromatic rings. The number of hydrogen-bond donors (Lipinski definition) is 1. The highest BCUT2D eigenvalue weighted by Crippen LogP contribution is 2.43. The molecule has 1 aliphatic heterocycles. The van der Waals surface area contributed by atoms with E-state index in [1.54, 1.807) is 11.8 Å². The molecular weight excluding hydrogens is 344 g/mol. The van der Waals surface area contributed by atoms with Gasteiger partial charge in [0.05, 0.1) is 5.75 Å². The molecule has 1 N–H and O–H groups in total. The smallest absolute Gasteiger partial charge is 0.238 e. The highest BCUT2D eigenvalue weighted by molar-refractivity contribution is 8.00. The van der Waals surface area contributed by atoms with Crippen LogP contribution in [0.5, 0.6) is 0 Å². The summed E-state index contributed by atoms with van der Waals surface area (Å²) in [5.41, 5.74) is 4.01. The normalized spacial score (nSPS) is 17.0. The maximum atomic E-state index is 12.6. The van der Waals surface area contributed by atoms with Gasteiger partial charge < -0.3 is 5.32 Å². The lowest BCUT2D eigenvalue weighted by atomic mass is 10.1. The van der Waals surface area contributed by atoms with Crippen LogP contribution < -0.4 is 10.2 Å². The molecule has 3 rings (SSSR count). The van der Waals surface area contributed by atoms with Crippen molar-refractivity contribution in [2.75, 3.05) is 16.0 Å². The van der Waals surface area contributed by atoms with Crippen molar-refractivity contribution < 1.29 is 9.59 Å². The van der Waals surface area contributed by atoms with Gasteiger partial charge in [0, 0.05) is 17.3 Å². The SMILES string of the molecule is CCc1ccccc1N1C(=O)CS[C@@H]1c1ccc(NC(=O)C(C)C)cc1. The first kappa shape index (κ1) is 18.5. The monoisotopic (exact) mass is 368 g/mol. The molecule has 1 saturated heterocycles. The lowest BCUT2D eigenvalue weighted by Crippen LogP contribution is -2.28. The number of nitrogens with one attached hydrogen (secondary N) is 1. The van der Waals surface area contributed by atoms with E-state index in [0.717, 1.165) is 23.4 Å². The zero-order chi connectivity index (χ0) is 18.7. The van der Waals surface area contributed by atoms with Crippen LogP contribution in [0.15, 0.2) is 48.5 Å². The number of carbonyl (C=O) groups excluding carboxylic acids is 2. The average molecular weight is 369 g/mol. The van der Waals surface area contributed by atoms with Crippen molar-refractivity contribution in [3.63, 3.8) is 0 Å². The molecule has 0 spiro atoms. The first-order valence-electron chi connectivity index (χ1n) is 8.93. The van der Waals surface area contributed by atoms with Crippen LogP contribution in [0, 0.1) is 5.92 Å². The van der Waals surface area contributed by atoms with Crippen LogP contribution >= 0.6 is 11.8 Å². The summed E-state index contributed by atoms with van der Waals surface area (Å²) in [6.07, 6.45) is 0.886. The Labute approximate surface area is 159 Å². The maximum absolute atomic E-state index is 12.6. The second-order valence-corrected chi connectivity index (χ2v) is 7.74. The molecule has 5 heteroatoms. The number of anilines is 2. The van der Waals surface area contributed by atoms with E-state index in [4.69, 9.17) is 0 Å². The molecule has 4 nitrogen and oxygen atoms in total. The molecule has 0 aliphatic carbocycles. The largest absolute Gasteiger partial charge is 0.326 e. The molecular formula is C21H24N2O2S. The van der Waals surface area contributed by atoms with Gasteiger partial charge in [-0.05, 0) is 35.7 Å². The van der Waals surface area contributed by atoms with Crippen LogP contribution in [0.25, 0.3) is 0 Å². The van der Waals surface area contributed by atoms with E-state index >= 15 is 0 Å². The fourth-order valence-corrected chi connectivity index (χ4v) is 4.16. The van der Waals surface area contributed by atoms with Crippen LogP contribution in [-0.2, 0) is 16.0 Å². The van der Waals surface area contributed by atoms with Crippen molar-refractivity contribution in [2.45, 2.75) is 32.6 Å². The number of rotatable bonds is 5. The third-order valence-electron chi connectivity index (χ3n) is 4.49. The van der Waals surface area contributed by atoms with E-state index in [1.165, 1.54) is 5.56 Å². The van der Waals surface area contributed by atoms with Gasteiger partial charge in [0.25, 0.3) is 0 Å². The van der Waals surface area contributed by atoms with Gasteiger partial charge in [0.15, 0.2) is 0 Å². The summed E-state index contributed by atoms with van der Waals surface area (Å²) >= 11 is 1.64. The molecule has 2 aromatic carbocycles. The molecule has 0 bridgehead atoms. The maximum Gasteiger partial charge on any atom is 0.238 e. The minimum absolute atomic E-state index is 0.00155. The van der Waals surface area contributed by atoms with E-state index in [1.807, 2.05) is 61.2 Å². The average Bonchev–Trinajstić information content (AvgIpc) is 3.03. The van der Waals surface area contributed by atoms with Crippen molar-refractivity contribution in [3.8, 4) is 0 Å². The van der Waals surface area contributed by atoms with Crippen LogP contribution in [0.2, 0.25) is 0 Å². The van der Waals surface area contributed by atoms with Gasteiger partial charge in [0.1, 0.15) is 5.37 Å². The Morgan fingerprint density at radius 3 is 2.54 bits per heavy atom. The van der Waals surface area contributed by atoms with Crippen molar-refractivity contribution in [2.24, 2.45) is 5.92 Å². The number of thioether (sulfide) groups is 1. The minimum atomic E-state index is -0.0567. The predicted molar refractivity (Wildman–Crippen MR) is 108 cm³/mol. The topological polar surface area (TPSA) is 49.4 Å². The molecule has 0 saturated carbocycles. The molecule has 0 radical (unpaired) electrons. The Kier molecular flexibility index (Phi) is 5.67. The first-order chi connectivity index (χ1) is 12.5. The van der Waals surface area contributed by atoms with Gasteiger partial charge in [-0.3, -0.25) is 14.5 Å². The fourth-order valence-electron chi connectivity index (χ4n) is 2.99. The van der Waals surface area contributed by atoms with Gasteiger partial charge in [-0.15, -0.1) is 11.8 Å². The number of aryl methyl sites for hydroxylation is 1. The zero-order valence-electron chi connectivity index (χ0n) is 15.4. The summed E-state index contributed by atoms with van der Waals surface area (Å²) in [5.74, 6) is 0.563. The highest BCUT2D eigenvalue weighted by Gasteiger charge is 2.34. The molecule has 0 unspecified atom stereocenters. The molecule has 1 atom stereocenters. The number of benzene rings is 2. The quantitative estimate of drug-likeness (QED) is 0.838. The second-order valence-electron chi connectivity index (χ2n) is 6.68. The van der Waals surface area contributed by atoms with Crippen molar-refractivity contribution in [1.82, 2.24) is 0 Å². The molecule has 136 valence electrons. The van der Waals surface area contributed by atoms with E-state index in [2.05, 4.69) is 18.3 Å². The van der Waals surface area contributed by atoms with Crippen molar-refractivity contribution in [1.29, 1.82) is 0 Å². The molecule has 2 amide bonds. The number of hydrogen-bond acceptors (Lipinski definition) is 3. The predicted octanol–water partition coefficient (Wildman–Crippen LogP) is 4.62. The van der Waals surface area contributed by atoms with Gasteiger partial charge in [-0.1, -0.05) is 51.1 Å². The van der Waals surface area contributed by atoms with Crippen molar-refractivity contribution in [3.05, 3.63) is 59.7 Å². The van der Waals surface area contributed by atoms with Crippen molar-refractivity contribution >= 4 is 35.0 Å². The third-order valence-corrected chi connectivity index (χ3v) is 5.70. The Hall–Kier alpha value is -2.27. The summed E-state index contributed by atoms with van der Waals surface area (Å²) in [5, 5.41) is 2.87. The van der Waals surface area contributed by atoms with Crippen LogP contribution in [0.4, 0.5) is 11.4 Å². The van der Waals surface area contributed by atoms with E-state index in [-0.39, 0.29) is 23.1 Å². The number of nitrogens with zero attached hydrogens (tertiary/aromatic N) is 1. The van der Waals surface area contributed by atoms with Gasteiger partial charge in [-0.25, -0.2) is 0 Å². The zero-order valence-corrected chi connectivity index (χ0v) is 16.2.